The highest BCUT2D eigenvalue weighted by molar-refractivity contribution is 5.76. The van der Waals surface area contributed by atoms with Gasteiger partial charge in [-0.2, -0.15) is 0 Å². The van der Waals surface area contributed by atoms with Gasteiger partial charge in [0.2, 0.25) is 5.91 Å². The van der Waals surface area contributed by atoms with E-state index < -0.39 is 0 Å². The first-order valence-electron chi connectivity index (χ1n) is 7.20. The molecule has 21 heavy (non-hydrogen) atoms. The van der Waals surface area contributed by atoms with Gasteiger partial charge in [-0.15, -0.1) is 0 Å². The number of amides is 1. The van der Waals surface area contributed by atoms with Crippen LogP contribution in [0.15, 0.2) is 48.8 Å². The molecule has 0 spiro atoms. The Morgan fingerprint density at radius 2 is 1.95 bits per heavy atom. The first kappa shape index (κ1) is 15.0. The molecule has 0 bridgehead atoms. The number of nitrogens with two attached hydrogens (primary N) is 1. The Kier molecular flexibility index (Phi) is 5.32. The molecule has 0 fully saturated rings. The van der Waals surface area contributed by atoms with E-state index in [-0.39, 0.29) is 5.91 Å². The maximum atomic E-state index is 12.3. The van der Waals surface area contributed by atoms with E-state index in [2.05, 4.69) is 4.98 Å². The number of aryl methyl sites for hydroxylation is 1. The maximum Gasteiger partial charge on any atom is 0.223 e. The van der Waals surface area contributed by atoms with Crippen LogP contribution in [0.4, 0.5) is 5.69 Å². The molecule has 2 N–H and O–H groups in total. The normalized spacial score (nSPS) is 10.3. The Morgan fingerprint density at radius 1 is 1.19 bits per heavy atom. The number of hydrogen-bond donors (Lipinski definition) is 1. The average molecular weight is 283 g/mol. The minimum Gasteiger partial charge on any atom is -0.399 e. The molecule has 2 rings (SSSR count). The zero-order valence-electron chi connectivity index (χ0n) is 12.3. The molecular formula is C17H21N3O. The Hall–Kier alpha value is -2.36. The molecular weight excluding hydrogens is 262 g/mol. The van der Waals surface area contributed by atoms with Gasteiger partial charge in [-0.05, 0) is 48.7 Å². The van der Waals surface area contributed by atoms with Crippen LogP contribution in [0.3, 0.4) is 0 Å². The number of nitrogen functional groups attached to an aromatic ring is 1. The van der Waals surface area contributed by atoms with Crippen LogP contribution in [-0.2, 0) is 17.8 Å². The summed E-state index contributed by atoms with van der Waals surface area (Å²) in [4.78, 5) is 18.2. The monoisotopic (exact) mass is 283 g/mol. The van der Waals surface area contributed by atoms with Crippen LogP contribution in [0.25, 0.3) is 0 Å². The fourth-order valence-corrected chi connectivity index (χ4v) is 2.24. The first-order valence-corrected chi connectivity index (χ1v) is 7.20. The molecule has 0 saturated heterocycles. The predicted molar refractivity (Wildman–Crippen MR) is 84.5 cm³/mol. The number of aromatic nitrogens is 1. The standard InChI is InChI=1S/C17H21N3O/c1-2-20(13-15-8-10-19-11-9-15)17(21)7-6-14-4-3-5-16(18)12-14/h3-5,8-12H,2,6-7,13,18H2,1H3. The van der Waals surface area contributed by atoms with Crippen molar-refractivity contribution in [1.29, 1.82) is 0 Å². The highest BCUT2D eigenvalue weighted by Gasteiger charge is 2.12. The van der Waals surface area contributed by atoms with E-state index in [1.165, 1.54) is 0 Å². The van der Waals surface area contributed by atoms with Crippen molar-refractivity contribution in [2.75, 3.05) is 12.3 Å². The van der Waals surface area contributed by atoms with Gasteiger partial charge in [-0.25, -0.2) is 0 Å². The van der Waals surface area contributed by atoms with Crippen molar-refractivity contribution in [2.24, 2.45) is 0 Å². The topological polar surface area (TPSA) is 59.2 Å². The molecule has 1 aromatic carbocycles. The van der Waals surface area contributed by atoms with Crippen molar-refractivity contribution in [1.82, 2.24) is 9.88 Å². The summed E-state index contributed by atoms with van der Waals surface area (Å²) in [5, 5.41) is 0. The number of anilines is 1. The van der Waals surface area contributed by atoms with Crippen LogP contribution in [-0.4, -0.2) is 22.3 Å². The van der Waals surface area contributed by atoms with Gasteiger partial charge in [0.05, 0.1) is 0 Å². The second kappa shape index (κ2) is 7.43. The summed E-state index contributed by atoms with van der Waals surface area (Å²) in [7, 11) is 0. The number of pyridine rings is 1. The zero-order chi connectivity index (χ0) is 15.1. The molecule has 1 amide bonds. The van der Waals surface area contributed by atoms with Crippen molar-refractivity contribution in [3.05, 3.63) is 59.9 Å². The van der Waals surface area contributed by atoms with Gasteiger partial charge in [-0.3, -0.25) is 9.78 Å². The molecule has 0 aliphatic heterocycles. The van der Waals surface area contributed by atoms with E-state index in [0.717, 1.165) is 23.2 Å². The fraction of sp³-hybridized carbons (Fsp3) is 0.294. The Bertz CT molecular complexity index is 584. The molecule has 1 aromatic heterocycles. The third-order valence-electron chi connectivity index (χ3n) is 3.44. The van der Waals surface area contributed by atoms with Gasteiger partial charge in [0.15, 0.2) is 0 Å². The summed E-state index contributed by atoms with van der Waals surface area (Å²) in [5.74, 6) is 0.164. The van der Waals surface area contributed by atoms with E-state index in [1.54, 1.807) is 12.4 Å². The number of carbonyl (C=O) groups excluding carboxylic acids is 1. The lowest BCUT2D eigenvalue weighted by atomic mass is 10.1. The highest BCUT2D eigenvalue weighted by Crippen LogP contribution is 2.11. The van der Waals surface area contributed by atoms with Crippen molar-refractivity contribution in [2.45, 2.75) is 26.3 Å². The van der Waals surface area contributed by atoms with Crippen LogP contribution in [0.5, 0.6) is 0 Å². The number of hydrogen-bond acceptors (Lipinski definition) is 3. The third-order valence-corrected chi connectivity index (χ3v) is 3.44. The van der Waals surface area contributed by atoms with Crippen molar-refractivity contribution >= 4 is 11.6 Å². The van der Waals surface area contributed by atoms with Crippen LogP contribution in [0.2, 0.25) is 0 Å². The second-order valence-corrected chi connectivity index (χ2v) is 5.01. The molecule has 1 heterocycles. The van der Waals surface area contributed by atoms with Gasteiger partial charge in [0.1, 0.15) is 0 Å². The van der Waals surface area contributed by atoms with E-state index in [4.69, 9.17) is 5.73 Å². The van der Waals surface area contributed by atoms with Crippen molar-refractivity contribution in [3.63, 3.8) is 0 Å². The van der Waals surface area contributed by atoms with Gasteiger partial charge in [-0.1, -0.05) is 12.1 Å². The van der Waals surface area contributed by atoms with Gasteiger partial charge in [0.25, 0.3) is 0 Å². The molecule has 0 radical (unpaired) electrons. The molecule has 0 aliphatic carbocycles. The summed E-state index contributed by atoms with van der Waals surface area (Å²) in [6.07, 6.45) is 4.72. The quantitative estimate of drug-likeness (QED) is 0.829. The third kappa shape index (κ3) is 4.60. The van der Waals surface area contributed by atoms with Crippen molar-refractivity contribution in [3.8, 4) is 0 Å². The van der Waals surface area contributed by atoms with Crippen molar-refractivity contribution < 1.29 is 4.79 Å². The smallest absolute Gasteiger partial charge is 0.223 e. The van der Waals surface area contributed by atoms with E-state index in [9.17, 15) is 4.79 Å². The summed E-state index contributed by atoms with van der Waals surface area (Å²) in [6, 6.07) is 11.6. The minimum absolute atomic E-state index is 0.164. The predicted octanol–water partition coefficient (Wildman–Crippen LogP) is 2.65. The maximum absolute atomic E-state index is 12.3. The van der Waals surface area contributed by atoms with Gasteiger partial charge in [0, 0.05) is 37.6 Å². The lowest BCUT2D eigenvalue weighted by Crippen LogP contribution is -2.30. The van der Waals surface area contributed by atoms with Crippen LogP contribution >= 0.6 is 0 Å². The number of carbonyl (C=O) groups is 1. The average Bonchev–Trinajstić information content (AvgIpc) is 2.51. The first-order chi connectivity index (χ1) is 10.2. The summed E-state index contributed by atoms with van der Waals surface area (Å²) < 4.78 is 0. The molecule has 110 valence electrons. The second-order valence-electron chi connectivity index (χ2n) is 5.01. The molecule has 0 aliphatic rings. The summed E-state index contributed by atoms with van der Waals surface area (Å²) >= 11 is 0. The fourth-order valence-electron chi connectivity index (χ4n) is 2.24. The lowest BCUT2D eigenvalue weighted by Gasteiger charge is -2.21. The van der Waals surface area contributed by atoms with Crippen LogP contribution in [0.1, 0.15) is 24.5 Å². The van der Waals surface area contributed by atoms with E-state index in [1.807, 2.05) is 48.2 Å². The molecule has 0 unspecified atom stereocenters. The molecule has 2 aromatic rings. The largest absolute Gasteiger partial charge is 0.399 e. The van der Waals surface area contributed by atoms with E-state index >= 15 is 0 Å². The number of nitrogens with zero attached hydrogens (tertiary/aromatic N) is 2. The zero-order valence-corrected chi connectivity index (χ0v) is 12.3. The highest BCUT2D eigenvalue weighted by atomic mass is 16.2. The van der Waals surface area contributed by atoms with E-state index in [0.29, 0.717) is 19.5 Å². The lowest BCUT2D eigenvalue weighted by molar-refractivity contribution is -0.131. The van der Waals surface area contributed by atoms with Gasteiger partial charge < -0.3 is 10.6 Å². The Balaban J connectivity index is 1.91. The Morgan fingerprint density at radius 3 is 2.62 bits per heavy atom. The molecule has 0 atom stereocenters. The Labute approximate surface area is 125 Å². The summed E-state index contributed by atoms with van der Waals surface area (Å²) in [5.41, 5.74) is 8.69. The van der Waals surface area contributed by atoms with Crippen LogP contribution in [0, 0.1) is 0 Å². The van der Waals surface area contributed by atoms with Crippen LogP contribution < -0.4 is 5.73 Å². The SMILES string of the molecule is CCN(Cc1ccncc1)C(=O)CCc1cccc(N)c1. The molecule has 4 heteroatoms. The number of rotatable bonds is 6. The summed E-state index contributed by atoms with van der Waals surface area (Å²) in [6.45, 7) is 3.34. The van der Waals surface area contributed by atoms with Gasteiger partial charge >= 0.3 is 0 Å². The molecule has 0 saturated carbocycles. The minimum atomic E-state index is 0.164. The number of benzene rings is 1. The molecule has 4 nitrogen and oxygen atoms in total.